The van der Waals surface area contributed by atoms with Crippen molar-refractivity contribution in [2.24, 2.45) is 0 Å². The van der Waals surface area contributed by atoms with E-state index in [1.54, 1.807) is 36.4 Å². The molecule has 1 amide bonds. The third-order valence-corrected chi connectivity index (χ3v) is 6.89. The largest absolute Gasteiger partial charge is 0.457 e. The monoisotopic (exact) mass is 470 g/mol. The lowest BCUT2D eigenvalue weighted by Crippen LogP contribution is -2.40. The Morgan fingerprint density at radius 2 is 1.73 bits per heavy atom. The van der Waals surface area contributed by atoms with Crippen molar-refractivity contribution < 1.29 is 31.9 Å². The first-order chi connectivity index (χ1) is 15.9. The van der Waals surface area contributed by atoms with Gasteiger partial charge in [0.2, 0.25) is 21.9 Å². The lowest BCUT2D eigenvalue weighted by atomic mass is 10.1. The van der Waals surface area contributed by atoms with Gasteiger partial charge in [-0.05, 0) is 30.3 Å². The Labute approximate surface area is 191 Å². The smallest absolute Gasteiger partial charge is 0.375 e. The molecule has 1 atom stereocenters. The molecule has 1 aliphatic heterocycles. The molecule has 2 aromatic carbocycles. The Kier molecular flexibility index (Phi) is 6.87. The highest BCUT2D eigenvalue weighted by atomic mass is 32.2. The predicted octanol–water partition coefficient (Wildman–Crippen LogP) is 2.84. The molecule has 172 valence electrons. The fourth-order valence-corrected chi connectivity index (χ4v) is 4.79. The van der Waals surface area contributed by atoms with Gasteiger partial charge in [0.05, 0.1) is 24.4 Å². The van der Waals surface area contributed by atoms with Crippen LogP contribution in [0.3, 0.4) is 0 Å². The maximum Gasteiger partial charge on any atom is 0.375 e. The van der Waals surface area contributed by atoms with E-state index < -0.39 is 28.0 Å². The standard InChI is InChI=1S/C23H22N2O7S/c26-22(21(17-6-2-1-3-7-17)32-23(27)20-10-5-13-31-20)24-18-8-4-9-19(16-18)33(28,29)25-11-14-30-15-12-25/h1-10,13,16,21H,11-12,14-15H2,(H,24,26)/t21-/m1/s1. The molecular formula is C23H22N2O7S. The summed E-state index contributed by atoms with van der Waals surface area (Å²) in [6, 6.07) is 17.4. The van der Waals surface area contributed by atoms with Crippen molar-refractivity contribution in [1.82, 2.24) is 4.31 Å². The normalized spacial score (nSPS) is 15.5. The molecule has 1 aliphatic rings. The lowest BCUT2D eigenvalue weighted by molar-refractivity contribution is -0.125. The molecule has 1 aromatic heterocycles. The average molecular weight is 471 g/mol. The molecule has 0 radical (unpaired) electrons. The number of morpholine rings is 1. The van der Waals surface area contributed by atoms with E-state index in [9.17, 15) is 18.0 Å². The number of anilines is 1. The van der Waals surface area contributed by atoms with Gasteiger partial charge in [0, 0.05) is 24.3 Å². The highest BCUT2D eigenvalue weighted by Gasteiger charge is 2.29. The summed E-state index contributed by atoms with van der Waals surface area (Å²) in [6.45, 7) is 1.18. The molecule has 4 rings (SSSR count). The van der Waals surface area contributed by atoms with E-state index in [-0.39, 0.29) is 29.4 Å². The van der Waals surface area contributed by atoms with E-state index in [2.05, 4.69) is 5.32 Å². The molecular weight excluding hydrogens is 448 g/mol. The number of benzene rings is 2. The summed E-state index contributed by atoms with van der Waals surface area (Å²) in [5.41, 5.74) is 0.705. The second-order valence-electron chi connectivity index (χ2n) is 7.21. The Balaban J connectivity index is 1.55. The Morgan fingerprint density at radius 1 is 0.970 bits per heavy atom. The maximum atomic E-state index is 13.1. The first kappa shape index (κ1) is 22.7. The zero-order chi connectivity index (χ0) is 23.3. The van der Waals surface area contributed by atoms with Gasteiger partial charge in [-0.2, -0.15) is 4.31 Å². The van der Waals surface area contributed by atoms with E-state index in [1.807, 2.05) is 0 Å². The number of sulfonamides is 1. The molecule has 1 N–H and O–H groups in total. The highest BCUT2D eigenvalue weighted by Crippen LogP contribution is 2.24. The van der Waals surface area contributed by atoms with Gasteiger partial charge >= 0.3 is 5.97 Å². The van der Waals surface area contributed by atoms with Crippen molar-refractivity contribution in [1.29, 1.82) is 0 Å². The van der Waals surface area contributed by atoms with E-state index in [1.165, 1.54) is 40.9 Å². The molecule has 3 aromatic rings. The summed E-state index contributed by atoms with van der Waals surface area (Å²) in [6.07, 6.45) is 0.0532. The van der Waals surface area contributed by atoms with Crippen molar-refractivity contribution >= 4 is 27.6 Å². The van der Waals surface area contributed by atoms with Gasteiger partial charge in [0.25, 0.3) is 5.91 Å². The van der Waals surface area contributed by atoms with Crippen LogP contribution in [-0.2, 0) is 24.3 Å². The average Bonchev–Trinajstić information content (AvgIpc) is 3.39. The number of rotatable bonds is 7. The van der Waals surface area contributed by atoms with Crippen molar-refractivity contribution in [3.63, 3.8) is 0 Å². The first-order valence-electron chi connectivity index (χ1n) is 10.2. The van der Waals surface area contributed by atoms with Crippen molar-refractivity contribution in [3.8, 4) is 0 Å². The molecule has 0 aliphatic carbocycles. The van der Waals surface area contributed by atoms with Gasteiger partial charge in [-0.25, -0.2) is 13.2 Å². The summed E-state index contributed by atoms with van der Waals surface area (Å²) in [7, 11) is -3.74. The SMILES string of the molecule is O=C(O[C@@H](C(=O)Nc1cccc(S(=O)(=O)N2CCOCC2)c1)c1ccccc1)c1ccco1. The van der Waals surface area contributed by atoms with Crippen molar-refractivity contribution in [3.05, 3.63) is 84.3 Å². The molecule has 0 bridgehead atoms. The Hall–Kier alpha value is -3.47. The quantitative estimate of drug-likeness (QED) is 0.528. The number of amides is 1. The molecule has 9 nitrogen and oxygen atoms in total. The number of nitrogens with one attached hydrogen (secondary N) is 1. The van der Waals surface area contributed by atoms with Crippen LogP contribution in [0.15, 0.2) is 82.3 Å². The molecule has 0 spiro atoms. The summed E-state index contributed by atoms with van der Waals surface area (Å²) in [5, 5.41) is 2.65. The van der Waals surface area contributed by atoms with E-state index >= 15 is 0 Å². The number of carbonyl (C=O) groups excluding carboxylic acids is 2. The third-order valence-electron chi connectivity index (χ3n) is 5.00. The van der Waals surface area contributed by atoms with Crippen molar-refractivity contribution in [2.45, 2.75) is 11.0 Å². The van der Waals surface area contributed by atoms with Gasteiger partial charge < -0.3 is 19.2 Å². The minimum atomic E-state index is -3.74. The van der Waals surface area contributed by atoms with Crippen LogP contribution in [0.1, 0.15) is 22.2 Å². The van der Waals surface area contributed by atoms with Crippen LogP contribution in [0.4, 0.5) is 5.69 Å². The van der Waals surface area contributed by atoms with E-state index in [0.29, 0.717) is 18.8 Å². The van der Waals surface area contributed by atoms with Gasteiger partial charge in [0.15, 0.2) is 0 Å². The number of carbonyl (C=O) groups is 2. The zero-order valence-electron chi connectivity index (χ0n) is 17.5. The second-order valence-corrected chi connectivity index (χ2v) is 9.14. The van der Waals surface area contributed by atoms with Gasteiger partial charge in [0.1, 0.15) is 0 Å². The van der Waals surface area contributed by atoms with Crippen LogP contribution < -0.4 is 5.32 Å². The van der Waals surface area contributed by atoms with E-state index in [0.717, 1.165) is 0 Å². The lowest BCUT2D eigenvalue weighted by Gasteiger charge is -2.26. The zero-order valence-corrected chi connectivity index (χ0v) is 18.4. The number of nitrogens with zero attached hydrogens (tertiary/aromatic N) is 1. The van der Waals surface area contributed by atoms with Gasteiger partial charge in [-0.1, -0.05) is 36.4 Å². The number of esters is 1. The molecule has 33 heavy (non-hydrogen) atoms. The van der Waals surface area contributed by atoms with Crippen LogP contribution in [0, 0.1) is 0 Å². The molecule has 2 heterocycles. The van der Waals surface area contributed by atoms with Crippen molar-refractivity contribution in [2.75, 3.05) is 31.6 Å². The maximum absolute atomic E-state index is 13.1. The van der Waals surface area contributed by atoms with Gasteiger partial charge in [-0.15, -0.1) is 0 Å². The van der Waals surface area contributed by atoms with Crippen LogP contribution >= 0.6 is 0 Å². The summed E-state index contributed by atoms with van der Waals surface area (Å²) in [5.74, 6) is -1.47. The minimum Gasteiger partial charge on any atom is -0.457 e. The molecule has 1 saturated heterocycles. The number of furan rings is 1. The van der Waals surface area contributed by atoms with Gasteiger partial charge in [-0.3, -0.25) is 4.79 Å². The number of hydrogen-bond acceptors (Lipinski definition) is 7. The van der Waals surface area contributed by atoms with E-state index in [4.69, 9.17) is 13.9 Å². The summed E-state index contributed by atoms with van der Waals surface area (Å²) >= 11 is 0. The van der Waals surface area contributed by atoms with Crippen LogP contribution in [0.2, 0.25) is 0 Å². The molecule has 0 saturated carbocycles. The molecule has 10 heteroatoms. The molecule has 1 fully saturated rings. The predicted molar refractivity (Wildman–Crippen MR) is 118 cm³/mol. The number of ether oxygens (including phenoxy) is 2. The Morgan fingerprint density at radius 3 is 2.42 bits per heavy atom. The number of hydrogen-bond donors (Lipinski definition) is 1. The molecule has 0 unspecified atom stereocenters. The highest BCUT2D eigenvalue weighted by molar-refractivity contribution is 7.89. The minimum absolute atomic E-state index is 0.0395. The first-order valence-corrected chi connectivity index (χ1v) is 11.7. The third kappa shape index (κ3) is 5.30. The summed E-state index contributed by atoms with van der Waals surface area (Å²) < 4.78 is 42.9. The second kappa shape index (κ2) is 9.99. The Bertz CT molecular complexity index is 1200. The topological polar surface area (TPSA) is 115 Å². The van der Waals surface area contributed by atoms with Crippen LogP contribution in [-0.4, -0.2) is 50.9 Å². The fraction of sp³-hybridized carbons (Fsp3) is 0.217. The van der Waals surface area contributed by atoms with Crippen LogP contribution in [0.25, 0.3) is 0 Å². The fourth-order valence-electron chi connectivity index (χ4n) is 3.34. The van der Waals surface area contributed by atoms with Crippen LogP contribution in [0.5, 0.6) is 0 Å². The summed E-state index contributed by atoms with van der Waals surface area (Å²) in [4.78, 5) is 25.5.